The molecule has 0 spiro atoms. The number of likely N-dealkylation sites (N-methyl/N-ethyl adjacent to an activating group) is 2. The molecule has 0 amide bonds. The molecule has 6 fully saturated rings. The molecule has 2 heterocycles. The molecule has 2 saturated heterocycles. The number of carbonyl (C=O) groups is 2. The number of piperidine rings is 1. The maximum absolute atomic E-state index is 12.4. The molecule has 6 rings (SSSR count). The zero-order valence-corrected chi connectivity index (χ0v) is 31.5. The van der Waals surface area contributed by atoms with Crippen molar-refractivity contribution in [3.63, 3.8) is 0 Å². The highest BCUT2D eigenvalue weighted by molar-refractivity contribution is 5.66. The summed E-state index contributed by atoms with van der Waals surface area (Å²) in [6.07, 6.45) is 15.1. The van der Waals surface area contributed by atoms with Crippen molar-refractivity contribution in [3.8, 4) is 0 Å². The molecular formula is C34H58I2N2O4. The summed E-state index contributed by atoms with van der Waals surface area (Å²) in [6.45, 7) is 13.4. The summed E-state index contributed by atoms with van der Waals surface area (Å²) in [5.74, 6) is 2.52. The van der Waals surface area contributed by atoms with Gasteiger partial charge in [-0.2, -0.15) is 0 Å². The third kappa shape index (κ3) is 5.84. The quantitative estimate of drug-likeness (QED) is 0.223. The second-order valence-electron chi connectivity index (χ2n) is 16.3. The lowest BCUT2D eigenvalue weighted by molar-refractivity contribution is -0.943. The molecule has 6 aliphatic rings. The summed E-state index contributed by atoms with van der Waals surface area (Å²) in [5, 5.41) is 0. The molecule has 2 aliphatic heterocycles. The van der Waals surface area contributed by atoms with Crippen LogP contribution in [0, 0.1) is 34.5 Å². The third-order valence-corrected chi connectivity index (χ3v) is 14.1. The Kier molecular flexibility index (Phi) is 10.8. The first-order valence-electron chi connectivity index (χ1n) is 16.9. The molecule has 42 heavy (non-hydrogen) atoms. The molecule has 0 unspecified atom stereocenters. The Bertz CT molecular complexity index is 998. The molecule has 0 N–H and O–H groups in total. The first-order valence-corrected chi connectivity index (χ1v) is 16.9. The first kappa shape index (κ1) is 35.2. The highest BCUT2D eigenvalue weighted by Gasteiger charge is 2.68. The number of carbonyl (C=O) groups excluding carboxylic acids is 2. The largest absolute Gasteiger partial charge is 1.00 e. The lowest BCUT2D eigenvalue weighted by Crippen LogP contribution is -3.00. The Hall–Kier alpha value is 0.320. The summed E-state index contributed by atoms with van der Waals surface area (Å²) in [7, 11) is 4.93. The number of hydrogen-bond donors (Lipinski definition) is 0. The van der Waals surface area contributed by atoms with Crippen LogP contribution in [0.1, 0.15) is 105 Å². The molecule has 10 atom stereocenters. The third-order valence-electron chi connectivity index (χ3n) is 14.1. The van der Waals surface area contributed by atoms with Gasteiger partial charge in [-0.25, -0.2) is 0 Å². The van der Waals surface area contributed by atoms with Crippen LogP contribution < -0.4 is 48.0 Å². The number of nitrogens with zero attached hydrogens (tertiary/aromatic N) is 2. The Labute approximate surface area is 290 Å². The van der Waals surface area contributed by atoms with E-state index in [-0.39, 0.29) is 77.5 Å². The number of hydrogen-bond acceptors (Lipinski definition) is 4. The van der Waals surface area contributed by atoms with Crippen molar-refractivity contribution in [3.05, 3.63) is 0 Å². The zero-order valence-electron chi connectivity index (χ0n) is 27.2. The number of fused-ring (bicyclic) bond motifs is 5. The Morgan fingerprint density at radius 1 is 0.690 bits per heavy atom. The average molecular weight is 813 g/mol. The number of esters is 2. The van der Waals surface area contributed by atoms with E-state index in [9.17, 15) is 9.59 Å². The molecule has 4 aliphatic carbocycles. The Balaban J connectivity index is 0.00000202. The van der Waals surface area contributed by atoms with Crippen LogP contribution in [0.5, 0.6) is 0 Å². The van der Waals surface area contributed by atoms with Crippen LogP contribution in [0.2, 0.25) is 0 Å². The van der Waals surface area contributed by atoms with E-state index in [0.29, 0.717) is 29.3 Å². The molecule has 0 radical (unpaired) electrons. The summed E-state index contributed by atoms with van der Waals surface area (Å²) in [4.78, 5) is 24.6. The van der Waals surface area contributed by atoms with Crippen molar-refractivity contribution in [2.24, 2.45) is 34.5 Å². The molecule has 0 aromatic rings. The van der Waals surface area contributed by atoms with Gasteiger partial charge in [0, 0.05) is 38.5 Å². The monoisotopic (exact) mass is 812 g/mol. The summed E-state index contributed by atoms with van der Waals surface area (Å²) >= 11 is 0. The van der Waals surface area contributed by atoms with Gasteiger partial charge in [0.05, 0.1) is 40.3 Å². The van der Waals surface area contributed by atoms with Gasteiger partial charge in [0.25, 0.3) is 0 Å². The van der Waals surface area contributed by atoms with Gasteiger partial charge < -0.3 is 66.4 Å². The van der Waals surface area contributed by atoms with E-state index < -0.39 is 0 Å². The number of quaternary nitrogens is 2. The first-order chi connectivity index (χ1) is 18.9. The molecule has 242 valence electrons. The molecule has 4 saturated carbocycles. The lowest BCUT2D eigenvalue weighted by atomic mass is 9.44. The van der Waals surface area contributed by atoms with Crippen molar-refractivity contribution in [1.82, 2.24) is 0 Å². The van der Waals surface area contributed by atoms with E-state index in [1.54, 1.807) is 13.8 Å². The summed E-state index contributed by atoms with van der Waals surface area (Å²) in [6, 6.07) is 0.845. The van der Waals surface area contributed by atoms with Crippen molar-refractivity contribution in [1.29, 1.82) is 0 Å². The minimum atomic E-state index is -0.101. The minimum absolute atomic E-state index is 0. The van der Waals surface area contributed by atoms with Gasteiger partial charge in [0.1, 0.15) is 12.1 Å². The smallest absolute Gasteiger partial charge is 0.303 e. The van der Waals surface area contributed by atoms with Crippen LogP contribution in [-0.4, -0.2) is 85.5 Å². The highest BCUT2D eigenvalue weighted by atomic mass is 127. The van der Waals surface area contributed by atoms with Crippen LogP contribution >= 0.6 is 0 Å². The van der Waals surface area contributed by atoms with E-state index in [4.69, 9.17) is 9.47 Å². The minimum Gasteiger partial charge on any atom is -1.00 e. The molecule has 0 aromatic heterocycles. The molecule has 6 nitrogen and oxygen atoms in total. The van der Waals surface area contributed by atoms with Gasteiger partial charge in [-0.3, -0.25) is 9.59 Å². The van der Waals surface area contributed by atoms with Gasteiger partial charge in [-0.05, 0) is 86.9 Å². The van der Waals surface area contributed by atoms with Gasteiger partial charge in [0.15, 0.2) is 12.2 Å². The average Bonchev–Trinajstić information content (AvgIpc) is 3.44. The number of halogens is 2. The topological polar surface area (TPSA) is 52.6 Å². The van der Waals surface area contributed by atoms with Gasteiger partial charge in [-0.15, -0.1) is 0 Å². The van der Waals surface area contributed by atoms with Gasteiger partial charge in [-0.1, -0.05) is 13.8 Å². The van der Waals surface area contributed by atoms with E-state index >= 15 is 0 Å². The molecule has 8 heteroatoms. The van der Waals surface area contributed by atoms with Crippen molar-refractivity contribution < 1.29 is 76.0 Å². The van der Waals surface area contributed by atoms with Gasteiger partial charge >= 0.3 is 11.9 Å². The predicted molar refractivity (Wildman–Crippen MR) is 156 cm³/mol. The maximum Gasteiger partial charge on any atom is 0.303 e. The second kappa shape index (κ2) is 12.8. The van der Waals surface area contributed by atoms with Crippen molar-refractivity contribution in [2.75, 3.05) is 40.3 Å². The SMILES string of the molecule is CC(=O)O[C@H]1C[C@@H]2CC[C@@H]3[C@H](CC[C@@]4(C)[C@H]3C[C@H](OC(C)=O)[C@@H]4[N+]3(C)CCCC3)[C@@]2(C)C[C@@H]1[N+]1(C)CCCCC1.[I-].[I-]. The standard InChI is InChI=1S/C34H58N2O4.2HI/c1-23(37)39-30-20-25-12-13-26-27(34(25,4)22-29(30)35(5)16-8-7-9-17-35)14-15-33(3)28(26)21-31(40-24(2)38)32(33)36(6)18-10-11-19-36;;/h25-32H,7-22H2,1-6H3;2*1H/q+2;;/p-2/t25-,26+,27-,28-,29-,30-,31-,32-,33-,34-;;/m0../s1. The van der Waals surface area contributed by atoms with E-state index in [1.807, 2.05) is 0 Å². The molecule has 0 bridgehead atoms. The predicted octanol–water partition coefficient (Wildman–Crippen LogP) is -0.272. The summed E-state index contributed by atoms with van der Waals surface area (Å²) < 4.78 is 14.6. The fourth-order valence-corrected chi connectivity index (χ4v) is 12.5. The molecular weight excluding hydrogens is 754 g/mol. The normalized spacial score (nSPS) is 45.2. The van der Waals surface area contributed by atoms with Crippen LogP contribution in [0.25, 0.3) is 0 Å². The molecule has 0 aromatic carbocycles. The van der Waals surface area contributed by atoms with Crippen LogP contribution in [0.4, 0.5) is 0 Å². The number of rotatable bonds is 4. The second-order valence-corrected chi connectivity index (χ2v) is 16.3. The fraction of sp³-hybridized carbons (Fsp3) is 0.941. The number of likely N-dealkylation sites (tertiary alicyclic amines) is 2. The highest BCUT2D eigenvalue weighted by Crippen LogP contribution is 2.68. The van der Waals surface area contributed by atoms with E-state index in [1.165, 1.54) is 90.4 Å². The van der Waals surface area contributed by atoms with Crippen LogP contribution in [-0.2, 0) is 19.1 Å². The van der Waals surface area contributed by atoms with Crippen molar-refractivity contribution >= 4 is 11.9 Å². The maximum atomic E-state index is 12.4. The van der Waals surface area contributed by atoms with E-state index in [0.717, 1.165) is 33.6 Å². The van der Waals surface area contributed by atoms with Crippen LogP contribution in [0.15, 0.2) is 0 Å². The van der Waals surface area contributed by atoms with Crippen molar-refractivity contribution in [2.45, 2.75) is 129 Å². The zero-order chi connectivity index (χ0) is 28.5. The lowest BCUT2D eigenvalue weighted by Gasteiger charge is -2.63. The Morgan fingerprint density at radius 3 is 1.88 bits per heavy atom. The van der Waals surface area contributed by atoms with Crippen LogP contribution in [0.3, 0.4) is 0 Å². The fourth-order valence-electron chi connectivity index (χ4n) is 12.5. The van der Waals surface area contributed by atoms with Gasteiger partial charge in [0.2, 0.25) is 0 Å². The van der Waals surface area contributed by atoms with E-state index in [2.05, 4.69) is 27.9 Å². The summed E-state index contributed by atoms with van der Waals surface area (Å²) in [5.41, 5.74) is 0.536. The number of ether oxygens (including phenoxy) is 2. The Morgan fingerprint density at radius 2 is 1.26 bits per heavy atom.